The summed E-state index contributed by atoms with van der Waals surface area (Å²) in [5, 5.41) is 10.0. The van der Waals surface area contributed by atoms with Crippen LogP contribution in [0.3, 0.4) is 0 Å². The smallest absolute Gasteiger partial charge is 0.311 e. The summed E-state index contributed by atoms with van der Waals surface area (Å²) in [4.78, 5) is 38.2. The number of H-pyrrole nitrogens is 1. The average Bonchev–Trinajstić information content (AvgIpc) is 2.56. The molecular formula is C15H22N4O4. The Morgan fingerprint density at radius 2 is 1.87 bits per heavy atom. The van der Waals surface area contributed by atoms with E-state index in [-0.39, 0.29) is 29.7 Å². The lowest BCUT2D eigenvalue weighted by atomic mass is 9.64. The van der Waals surface area contributed by atoms with Gasteiger partial charge < -0.3 is 15.0 Å². The molecule has 1 heterocycles. The number of aromatic amines is 1. The first kappa shape index (κ1) is 17.1. The fourth-order valence-electron chi connectivity index (χ4n) is 2.84. The molecule has 8 heteroatoms. The Labute approximate surface area is 134 Å². The van der Waals surface area contributed by atoms with Crippen LogP contribution in [-0.4, -0.2) is 34.2 Å². The fraction of sp³-hybridized carbons (Fsp3) is 0.667. The maximum atomic E-state index is 12.5. The third-order valence-corrected chi connectivity index (χ3v) is 4.79. The number of esters is 1. The van der Waals surface area contributed by atoms with Gasteiger partial charge in [0, 0.05) is 5.41 Å². The van der Waals surface area contributed by atoms with Crippen LogP contribution in [0.1, 0.15) is 45.2 Å². The molecule has 1 aliphatic rings. The number of nitrogens with one attached hydrogen (secondary N) is 2. The van der Waals surface area contributed by atoms with Gasteiger partial charge in [0.1, 0.15) is 12.0 Å². The number of nitrogens with zero attached hydrogens (tertiary/aromatic N) is 2. The van der Waals surface area contributed by atoms with Crippen LogP contribution in [0.2, 0.25) is 0 Å². The second-order valence-corrected chi connectivity index (χ2v) is 6.56. The average molecular weight is 322 g/mol. The number of amides is 1. The Balaban J connectivity index is 1.97. The van der Waals surface area contributed by atoms with Crippen molar-refractivity contribution in [1.29, 1.82) is 0 Å². The first-order chi connectivity index (χ1) is 10.8. The lowest BCUT2D eigenvalue weighted by Gasteiger charge is -2.40. The number of carbonyl (C=O) groups is 2. The Kier molecular flexibility index (Phi) is 4.82. The number of hydrogen-bond acceptors (Lipinski definition) is 6. The zero-order chi connectivity index (χ0) is 17.1. The molecule has 1 aromatic rings. The first-order valence-electron chi connectivity index (χ1n) is 7.57. The number of hydrogen-bond donors (Lipinski definition) is 2. The maximum Gasteiger partial charge on any atom is 0.311 e. The summed E-state index contributed by atoms with van der Waals surface area (Å²) in [5.74, 6) is -0.375. The Morgan fingerprint density at radius 1 is 1.26 bits per heavy atom. The van der Waals surface area contributed by atoms with E-state index in [4.69, 9.17) is 4.74 Å². The van der Waals surface area contributed by atoms with Crippen LogP contribution in [-0.2, 0) is 20.9 Å². The SMILES string of the molecule is COC(=O)C1(C)CCC(C)(C(=O)NCc2nnc[nH]c2=O)CC1. The van der Waals surface area contributed by atoms with Crippen molar-refractivity contribution in [2.24, 2.45) is 10.8 Å². The van der Waals surface area contributed by atoms with Gasteiger partial charge in [-0.15, -0.1) is 10.2 Å². The molecule has 0 aromatic carbocycles. The third kappa shape index (κ3) is 3.57. The molecule has 2 rings (SSSR count). The van der Waals surface area contributed by atoms with E-state index in [1.54, 1.807) is 0 Å². The van der Waals surface area contributed by atoms with Gasteiger partial charge in [-0.3, -0.25) is 14.4 Å². The minimum atomic E-state index is -0.567. The standard InChI is InChI=1S/C15H22N4O4/c1-14(4-6-15(2,7-5-14)13(22)23-3)12(21)16-8-10-11(20)17-9-18-19-10/h9H,4-8H2,1-3H3,(H,16,21)(H,17,18,20). The molecule has 1 fully saturated rings. The summed E-state index contributed by atoms with van der Waals surface area (Å²) >= 11 is 0. The van der Waals surface area contributed by atoms with Crippen molar-refractivity contribution >= 4 is 11.9 Å². The van der Waals surface area contributed by atoms with Gasteiger partial charge in [-0.25, -0.2) is 0 Å². The van der Waals surface area contributed by atoms with Gasteiger partial charge >= 0.3 is 5.97 Å². The zero-order valence-corrected chi connectivity index (χ0v) is 13.6. The number of ether oxygens (including phenoxy) is 1. The molecule has 23 heavy (non-hydrogen) atoms. The number of carbonyl (C=O) groups excluding carboxylic acids is 2. The predicted octanol–water partition coefficient (Wildman–Crippen LogP) is 0.541. The van der Waals surface area contributed by atoms with Crippen LogP contribution in [0.15, 0.2) is 11.1 Å². The van der Waals surface area contributed by atoms with E-state index in [9.17, 15) is 14.4 Å². The van der Waals surface area contributed by atoms with Crippen LogP contribution in [0.25, 0.3) is 0 Å². The van der Waals surface area contributed by atoms with E-state index in [0.29, 0.717) is 25.7 Å². The van der Waals surface area contributed by atoms with Crippen molar-refractivity contribution in [2.45, 2.75) is 46.1 Å². The summed E-state index contributed by atoms with van der Waals surface area (Å²) < 4.78 is 4.85. The molecule has 8 nitrogen and oxygen atoms in total. The maximum absolute atomic E-state index is 12.5. The van der Waals surface area contributed by atoms with Gasteiger partial charge in [0.15, 0.2) is 0 Å². The summed E-state index contributed by atoms with van der Waals surface area (Å²) in [6, 6.07) is 0. The lowest BCUT2D eigenvalue weighted by molar-refractivity contribution is -0.156. The molecule has 126 valence electrons. The molecule has 1 amide bonds. The highest BCUT2D eigenvalue weighted by molar-refractivity contribution is 5.83. The van der Waals surface area contributed by atoms with Crippen LogP contribution in [0.4, 0.5) is 0 Å². The topological polar surface area (TPSA) is 114 Å². The summed E-state index contributed by atoms with van der Waals surface area (Å²) in [6.07, 6.45) is 3.55. The van der Waals surface area contributed by atoms with Crippen molar-refractivity contribution in [3.05, 3.63) is 22.4 Å². The highest BCUT2D eigenvalue weighted by Gasteiger charge is 2.45. The number of methoxy groups -OCH3 is 1. The van der Waals surface area contributed by atoms with Crippen molar-refractivity contribution in [2.75, 3.05) is 7.11 Å². The van der Waals surface area contributed by atoms with E-state index in [2.05, 4.69) is 20.5 Å². The summed E-state index contributed by atoms with van der Waals surface area (Å²) in [6.45, 7) is 3.78. The van der Waals surface area contributed by atoms with Gasteiger partial charge in [-0.2, -0.15) is 0 Å². The molecule has 1 saturated carbocycles. The molecule has 0 aliphatic heterocycles. The van der Waals surface area contributed by atoms with E-state index < -0.39 is 10.8 Å². The second kappa shape index (κ2) is 6.47. The Hall–Kier alpha value is -2.25. The number of aromatic nitrogens is 3. The molecule has 0 spiro atoms. The van der Waals surface area contributed by atoms with Crippen molar-refractivity contribution < 1.29 is 14.3 Å². The second-order valence-electron chi connectivity index (χ2n) is 6.56. The normalized spacial score (nSPS) is 27.3. The minimum absolute atomic E-state index is 0.0336. The summed E-state index contributed by atoms with van der Waals surface area (Å²) in [5.41, 5.74) is -1.30. The third-order valence-electron chi connectivity index (χ3n) is 4.79. The summed E-state index contributed by atoms with van der Waals surface area (Å²) in [7, 11) is 1.38. The van der Waals surface area contributed by atoms with Crippen LogP contribution < -0.4 is 10.9 Å². The highest BCUT2D eigenvalue weighted by Crippen LogP contribution is 2.45. The predicted molar refractivity (Wildman–Crippen MR) is 81.2 cm³/mol. The molecule has 1 aliphatic carbocycles. The molecule has 2 N–H and O–H groups in total. The van der Waals surface area contributed by atoms with Crippen LogP contribution in [0, 0.1) is 10.8 Å². The number of rotatable bonds is 4. The molecule has 0 radical (unpaired) electrons. The van der Waals surface area contributed by atoms with E-state index in [1.807, 2.05) is 13.8 Å². The highest BCUT2D eigenvalue weighted by atomic mass is 16.5. The fourth-order valence-corrected chi connectivity index (χ4v) is 2.84. The zero-order valence-electron chi connectivity index (χ0n) is 13.6. The largest absolute Gasteiger partial charge is 0.469 e. The monoisotopic (exact) mass is 322 g/mol. The van der Waals surface area contributed by atoms with Crippen LogP contribution >= 0.6 is 0 Å². The molecule has 0 unspecified atom stereocenters. The Bertz CT molecular complexity index is 647. The van der Waals surface area contributed by atoms with Gasteiger partial charge in [0.2, 0.25) is 5.91 Å². The molecule has 0 saturated heterocycles. The molecular weight excluding hydrogens is 300 g/mol. The Morgan fingerprint density at radius 3 is 2.43 bits per heavy atom. The minimum Gasteiger partial charge on any atom is -0.469 e. The van der Waals surface area contributed by atoms with E-state index in [1.165, 1.54) is 13.4 Å². The van der Waals surface area contributed by atoms with Gasteiger partial charge in [-0.1, -0.05) is 6.92 Å². The lowest BCUT2D eigenvalue weighted by Crippen LogP contribution is -2.45. The van der Waals surface area contributed by atoms with Crippen LogP contribution in [0.5, 0.6) is 0 Å². The van der Waals surface area contributed by atoms with Crippen molar-refractivity contribution in [3.8, 4) is 0 Å². The van der Waals surface area contributed by atoms with E-state index >= 15 is 0 Å². The van der Waals surface area contributed by atoms with Crippen molar-refractivity contribution in [3.63, 3.8) is 0 Å². The van der Waals surface area contributed by atoms with Gasteiger partial charge in [-0.05, 0) is 32.6 Å². The van der Waals surface area contributed by atoms with Gasteiger partial charge in [0.25, 0.3) is 5.56 Å². The molecule has 0 bridgehead atoms. The van der Waals surface area contributed by atoms with E-state index in [0.717, 1.165) is 0 Å². The van der Waals surface area contributed by atoms with Gasteiger partial charge in [0.05, 0.1) is 19.1 Å². The quantitative estimate of drug-likeness (QED) is 0.782. The molecule has 1 aromatic heterocycles. The van der Waals surface area contributed by atoms with Crippen molar-refractivity contribution in [1.82, 2.24) is 20.5 Å². The molecule has 0 atom stereocenters. The first-order valence-corrected chi connectivity index (χ1v) is 7.57.